The Kier molecular flexibility index (Phi) is 4.79. The summed E-state index contributed by atoms with van der Waals surface area (Å²) in [4.78, 5) is 13.6. The summed E-state index contributed by atoms with van der Waals surface area (Å²) in [6.07, 6.45) is -3.88. The van der Waals surface area contributed by atoms with Gasteiger partial charge in [0, 0.05) is 19.3 Å². The van der Waals surface area contributed by atoms with Crippen LogP contribution in [0, 0.1) is 0 Å². The number of allylic oxidation sites excluding steroid dienone is 1. The molecule has 0 atom stereocenters. The zero-order valence-electron chi connectivity index (χ0n) is 13.0. The van der Waals surface area contributed by atoms with Crippen molar-refractivity contribution in [3.63, 3.8) is 0 Å². The highest BCUT2D eigenvalue weighted by Gasteiger charge is 2.43. The standard InChI is InChI=1S/C15H14F3N5O2/c16-15(17,18)13(24)12(10-22-6-8-25-9-7-22)14-19-20-21-23(14)11-4-2-1-3-5-11/h1-5,10H,6-9H2/b12-10+. The third kappa shape index (κ3) is 3.85. The molecule has 1 fully saturated rings. The lowest BCUT2D eigenvalue weighted by Gasteiger charge is -2.26. The van der Waals surface area contributed by atoms with Crippen LogP contribution in [0.4, 0.5) is 13.2 Å². The maximum Gasteiger partial charge on any atom is 0.455 e. The number of Topliss-reactive ketones (excluding diaryl/α,β-unsaturated/α-hetero) is 1. The van der Waals surface area contributed by atoms with Crippen molar-refractivity contribution in [2.24, 2.45) is 0 Å². The molecular formula is C15H14F3N5O2. The molecule has 0 unspecified atom stereocenters. The van der Waals surface area contributed by atoms with Crippen LogP contribution >= 0.6 is 0 Å². The summed E-state index contributed by atoms with van der Waals surface area (Å²) in [6, 6.07) is 8.39. The number of carbonyl (C=O) groups excluding carboxylic acids is 1. The van der Waals surface area contributed by atoms with Gasteiger partial charge in [-0.2, -0.15) is 17.9 Å². The molecule has 1 aliphatic heterocycles. The van der Waals surface area contributed by atoms with E-state index in [0.29, 0.717) is 32.0 Å². The highest BCUT2D eigenvalue weighted by atomic mass is 19.4. The fraction of sp³-hybridized carbons (Fsp3) is 0.333. The number of hydrogen-bond donors (Lipinski definition) is 0. The molecule has 0 bridgehead atoms. The molecule has 7 nitrogen and oxygen atoms in total. The summed E-state index contributed by atoms with van der Waals surface area (Å²) >= 11 is 0. The molecule has 3 rings (SSSR count). The monoisotopic (exact) mass is 353 g/mol. The van der Waals surface area contributed by atoms with Gasteiger partial charge in [-0.3, -0.25) is 4.79 Å². The van der Waals surface area contributed by atoms with Crippen molar-refractivity contribution in [3.05, 3.63) is 42.4 Å². The van der Waals surface area contributed by atoms with Crippen molar-refractivity contribution in [1.29, 1.82) is 0 Å². The van der Waals surface area contributed by atoms with Crippen LogP contribution in [-0.4, -0.2) is 63.4 Å². The van der Waals surface area contributed by atoms with Crippen LogP contribution < -0.4 is 0 Å². The second kappa shape index (κ2) is 7.01. The molecular weight excluding hydrogens is 339 g/mol. The van der Waals surface area contributed by atoms with Crippen molar-refractivity contribution in [2.75, 3.05) is 26.3 Å². The van der Waals surface area contributed by atoms with E-state index in [-0.39, 0.29) is 5.82 Å². The van der Waals surface area contributed by atoms with Crippen molar-refractivity contribution in [3.8, 4) is 5.69 Å². The molecule has 0 N–H and O–H groups in total. The molecule has 1 aliphatic rings. The zero-order valence-corrected chi connectivity index (χ0v) is 13.0. The molecule has 0 amide bonds. The quantitative estimate of drug-likeness (QED) is 0.775. The first-order valence-electron chi connectivity index (χ1n) is 7.46. The number of aromatic nitrogens is 4. The first-order chi connectivity index (χ1) is 12.0. The van der Waals surface area contributed by atoms with Gasteiger partial charge in [-0.15, -0.1) is 5.10 Å². The Labute approximate surface area is 140 Å². The zero-order chi connectivity index (χ0) is 17.9. The normalized spacial score (nSPS) is 16.1. The molecule has 1 saturated heterocycles. The van der Waals surface area contributed by atoms with E-state index in [1.165, 1.54) is 0 Å². The first-order valence-corrected chi connectivity index (χ1v) is 7.46. The number of alkyl halides is 3. The summed E-state index contributed by atoms with van der Waals surface area (Å²) < 4.78 is 45.5. The fourth-order valence-corrected chi connectivity index (χ4v) is 2.36. The minimum atomic E-state index is -5.04. The van der Waals surface area contributed by atoms with Crippen LogP contribution in [0.5, 0.6) is 0 Å². The smallest absolute Gasteiger partial charge is 0.378 e. The Morgan fingerprint density at radius 1 is 1.16 bits per heavy atom. The number of carbonyl (C=O) groups is 1. The van der Waals surface area contributed by atoms with Crippen molar-refractivity contribution < 1.29 is 22.7 Å². The van der Waals surface area contributed by atoms with E-state index < -0.39 is 17.5 Å². The Hall–Kier alpha value is -2.75. The predicted octanol–water partition coefficient (Wildman–Crippen LogP) is 1.47. The van der Waals surface area contributed by atoms with Crippen LogP contribution in [0.15, 0.2) is 36.5 Å². The Bertz CT molecular complexity index is 767. The number of halogens is 3. The van der Waals surface area contributed by atoms with Gasteiger partial charge in [0.2, 0.25) is 0 Å². The van der Waals surface area contributed by atoms with E-state index in [0.717, 1.165) is 10.9 Å². The van der Waals surface area contributed by atoms with E-state index in [1.54, 1.807) is 35.2 Å². The Morgan fingerprint density at radius 2 is 1.84 bits per heavy atom. The molecule has 1 aromatic carbocycles. The minimum Gasteiger partial charge on any atom is -0.378 e. The fourth-order valence-electron chi connectivity index (χ4n) is 2.36. The second-order valence-corrected chi connectivity index (χ2v) is 5.27. The lowest BCUT2D eigenvalue weighted by atomic mass is 10.1. The van der Waals surface area contributed by atoms with E-state index in [2.05, 4.69) is 15.5 Å². The Balaban J connectivity index is 2.05. The van der Waals surface area contributed by atoms with Crippen molar-refractivity contribution >= 4 is 11.4 Å². The van der Waals surface area contributed by atoms with Crippen molar-refractivity contribution in [1.82, 2.24) is 25.1 Å². The van der Waals surface area contributed by atoms with Crippen LogP contribution in [0.2, 0.25) is 0 Å². The average Bonchev–Trinajstić information content (AvgIpc) is 3.09. The predicted molar refractivity (Wildman–Crippen MR) is 80.6 cm³/mol. The third-order valence-corrected chi connectivity index (χ3v) is 3.57. The molecule has 10 heteroatoms. The van der Waals surface area contributed by atoms with Crippen LogP contribution in [0.25, 0.3) is 11.3 Å². The maximum absolute atomic E-state index is 13.1. The van der Waals surface area contributed by atoms with Crippen molar-refractivity contribution in [2.45, 2.75) is 6.18 Å². The van der Waals surface area contributed by atoms with Gasteiger partial charge < -0.3 is 9.64 Å². The molecule has 0 radical (unpaired) electrons. The molecule has 0 saturated carbocycles. The molecule has 25 heavy (non-hydrogen) atoms. The molecule has 132 valence electrons. The van der Waals surface area contributed by atoms with Gasteiger partial charge >= 0.3 is 6.18 Å². The number of rotatable bonds is 4. The van der Waals surface area contributed by atoms with Gasteiger partial charge in [-0.1, -0.05) is 18.2 Å². The lowest BCUT2D eigenvalue weighted by molar-refractivity contribution is -0.164. The van der Waals surface area contributed by atoms with Gasteiger partial charge in [0.05, 0.1) is 24.5 Å². The first kappa shape index (κ1) is 17.1. The largest absolute Gasteiger partial charge is 0.455 e. The third-order valence-electron chi connectivity index (χ3n) is 3.57. The van der Waals surface area contributed by atoms with Crippen LogP contribution in [0.3, 0.4) is 0 Å². The summed E-state index contributed by atoms with van der Waals surface area (Å²) in [5.74, 6) is -2.26. The van der Waals surface area contributed by atoms with Gasteiger partial charge in [-0.05, 0) is 22.6 Å². The molecule has 2 heterocycles. The van der Waals surface area contributed by atoms with E-state index in [9.17, 15) is 18.0 Å². The summed E-state index contributed by atoms with van der Waals surface area (Å²) in [5.41, 5.74) is -0.159. The topological polar surface area (TPSA) is 73.1 Å². The van der Waals surface area contributed by atoms with Gasteiger partial charge in [-0.25, -0.2) is 0 Å². The minimum absolute atomic E-state index is 0.264. The SMILES string of the molecule is O=C(/C(=C\N1CCOCC1)c1nnnn1-c1ccccc1)C(F)(F)F. The van der Waals surface area contributed by atoms with Gasteiger partial charge in [0.25, 0.3) is 5.78 Å². The lowest BCUT2D eigenvalue weighted by Crippen LogP contribution is -2.34. The summed E-state index contributed by atoms with van der Waals surface area (Å²) in [6.45, 7) is 1.49. The molecule has 0 spiro atoms. The number of morpholine rings is 1. The molecule has 1 aromatic heterocycles. The van der Waals surface area contributed by atoms with Crippen LogP contribution in [-0.2, 0) is 9.53 Å². The number of nitrogens with zero attached hydrogens (tertiary/aromatic N) is 5. The number of tetrazole rings is 1. The second-order valence-electron chi connectivity index (χ2n) is 5.27. The summed E-state index contributed by atoms with van der Waals surface area (Å²) in [7, 11) is 0. The molecule has 2 aromatic rings. The highest BCUT2D eigenvalue weighted by Crippen LogP contribution is 2.27. The van der Waals surface area contributed by atoms with E-state index in [1.807, 2.05) is 0 Å². The van der Waals surface area contributed by atoms with E-state index in [4.69, 9.17) is 4.74 Å². The number of para-hydroxylation sites is 1. The van der Waals surface area contributed by atoms with Gasteiger partial charge in [0.15, 0.2) is 5.82 Å². The Morgan fingerprint density at radius 3 is 2.48 bits per heavy atom. The highest BCUT2D eigenvalue weighted by molar-refractivity contribution is 6.22. The number of ketones is 1. The van der Waals surface area contributed by atoms with Gasteiger partial charge in [0.1, 0.15) is 0 Å². The number of ether oxygens (including phenoxy) is 1. The van der Waals surface area contributed by atoms with Crippen LogP contribution in [0.1, 0.15) is 5.82 Å². The molecule has 0 aliphatic carbocycles. The van der Waals surface area contributed by atoms with E-state index >= 15 is 0 Å². The number of benzene rings is 1. The summed E-state index contributed by atoms with van der Waals surface area (Å²) in [5, 5.41) is 10.8. The maximum atomic E-state index is 13.1. The average molecular weight is 353 g/mol. The number of hydrogen-bond acceptors (Lipinski definition) is 6.